The Bertz CT molecular complexity index is 373. The molecule has 1 saturated carbocycles. The molecule has 15 heavy (non-hydrogen) atoms. The zero-order valence-corrected chi connectivity index (χ0v) is 10.7. The van der Waals surface area contributed by atoms with Gasteiger partial charge in [-0.2, -0.15) is 0 Å². The molecule has 0 saturated heterocycles. The van der Waals surface area contributed by atoms with E-state index in [-0.39, 0.29) is 11.3 Å². The van der Waals surface area contributed by atoms with Crippen molar-refractivity contribution < 1.29 is 4.79 Å². The lowest BCUT2D eigenvalue weighted by atomic mass is 10.0. The van der Waals surface area contributed by atoms with Gasteiger partial charge in [0, 0.05) is 18.0 Å². The third-order valence-electron chi connectivity index (χ3n) is 2.66. The van der Waals surface area contributed by atoms with E-state index in [4.69, 9.17) is 5.73 Å². The predicted octanol–water partition coefficient (Wildman–Crippen LogP) is 1.62. The van der Waals surface area contributed by atoms with Gasteiger partial charge in [0.05, 0.1) is 9.20 Å². The van der Waals surface area contributed by atoms with Gasteiger partial charge in [0.25, 0.3) is 0 Å². The third kappa shape index (κ3) is 2.09. The zero-order chi connectivity index (χ0) is 10.9. The van der Waals surface area contributed by atoms with E-state index in [1.807, 2.05) is 12.1 Å². The van der Waals surface area contributed by atoms with Crippen LogP contribution in [0.5, 0.6) is 0 Å². The van der Waals surface area contributed by atoms with E-state index in [9.17, 15) is 4.79 Å². The molecule has 5 heteroatoms. The van der Waals surface area contributed by atoms with E-state index in [0.29, 0.717) is 13.1 Å². The smallest absolute Gasteiger partial charge is 0.231 e. The Balaban J connectivity index is 2.10. The summed E-state index contributed by atoms with van der Waals surface area (Å²) in [5.41, 5.74) is 5.12. The second-order valence-corrected chi connectivity index (χ2v) is 6.19. The van der Waals surface area contributed by atoms with Gasteiger partial charge in [-0.3, -0.25) is 4.79 Å². The lowest BCUT2D eigenvalue weighted by Gasteiger charge is -2.12. The summed E-state index contributed by atoms with van der Waals surface area (Å²) < 4.78 is 1.08. The highest BCUT2D eigenvalue weighted by Crippen LogP contribution is 2.51. The van der Waals surface area contributed by atoms with Crippen LogP contribution in [0.15, 0.2) is 15.9 Å². The van der Waals surface area contributed by atoms with Crippen LogP contribution in [0.25, 0.3) is 0 Å². The second kappa shape index (κ2) is 4.23. The first-order valence-corrected chi connectivity index (χ1v) is 6.54. The first-order chi connectivity index (χ1) is 7.19. The van der Waals surface area contributed by atoms with Crippen molar-refractivity contribution in [2.24, 2.45) is 5.73 Å². The van der Waals surface area contributed by atoms with Gasteiger partial charge < -0.3 is 11.1 Å². The number of rotatable bonds is 4. The predicted molar refractivity (Wildman–Crippen MR) is 65.0 cm³/mol. The maximum Gasteiger partial charge on any atom is 0.231 e. The topological polar surface area (TPSA) is 55.1 Å². The average molecular weight is 289 g/mol. The van der Waals surface area contributed by atoms with Gasteiger partial charge in [0.2, 0.25) is 5.91 Å². The Morgan fingerprint density at radius 3 is 2.80 bits per heavy atom. The van der Waals surface area contributed by atoms with Gasteiger partial charge in [-0.05, 0) is 40.9 Å². The van der Waals surface area contributed by atoms with Crippen molar-refractivity contribution in [2.45, 2.75) is 18.3 Å². The van der Waals surface area contributed by atoms with Crippen molar-refractivity contribution in [2.75, 3.05) is 13.1 Å². The quantitative estimate of drug-likeness (QED) is 0.885. The van der Waals surface area contributed by atoms with E-state index in [1.165, 1.54) is 0 Å². The largest absolute Gasteiger partial charge is 0.354 e. The molecule has 3 N–H and O–H groups in total. The van der Waals surface area contributed by atoms with Crippen molar-refractivity contribution in [3.63, 3.8) is 0 Å². The molecule has 1 amide bonds. The highest BCUT2D eigenvalue weighted by atomic mass is 79.9. The molecule has 1 aromatic heterocycles. The summed E-state index contributed by atoms with van der Waals surface area (Å²) >= 11 is 5.06. The number of carbonyl (C=O) groups excluding carboxylic acids is 1. The Morgan fingerprint density at radius 2 is 2.33 bits per heavy atom. The summed E-state index contributed by atoms with van der Waals surface area (Å²) in [6.45, 7) is 1.06. The minimum Gasteiger partial charge on any atom is -0.354 e. The van der Waals surface area contributed by atoms with E-state index in [0.717, 1.165) is 21.5 Å². The molecular formula is C10H13BrN2OS. The summed E-state index contributed by atoms with van der Waals surface area (Å²) in [5.74, 6) is 0.127. The number of hydrogen-bond acceptors (Lipinski definition) is 3. The van der Waals surface area contributed by atoms with Gasteiger partial charge in [0.1, 0.15) is 0 Å². The monoisotopic (exact) mass is 288 g/mol. The number of carbonyl (C=O) groups is 1. The molecule has 3 nitrogen and oxygen atoms in total. The second-order valence-electron chi connectivity index (χ2n) is 3.73. The number of amides is 1. The van der Waals surface area contributed by atoms with Crippen molar-refractivity contribution in [3.8, 4) is 0 Å². The summed E-state index contributed by atoms with van der Waals surface area (Å²) in [4.78, 5) is 13.1. The van der Waals surface area contributed by atoms with E-state index < -0.39 is 0 Å². The SMILES string of the molecule is NCCNC(=O)C1(c2ccc(Br)s2)CC1. The number of thiophene rings is 1. The van der Waals surface area contributed by atoms with Crippen LogP contribution in [-0.2, 0) is 10.2 Å². The summed E-state index contributed by atoms with van der Waals surface area (Å²) in [7, 11) is 0. The van der Waals surface area contributed by atoms with Crippen molar-refractivity contribution in [1.29, 1.82) is 0 Å². The minimum absolute atomic E-state index is 0.127. The number of halogens is 1. The van der Waals surface area contributed by atoms with Gasteiger partial charge in [-0.15, -0.1) is 11.3 Å². The van der Waals surface area contributed by atoms with Crippen LogP contribution in [0.1, 0.15) is 17.7 Å². The summed E-state index contributed by atoms with van der Waals surface area (Å²) in [6.07, 6.45) is 1.91. The number of nitrogens with one attached hydrogen (secondary N) is 1. The molecule has 0 bridgehead atoms. The van der Waals surface area contributed by atoms with Gasteiger partial charge in [0.15, 0.2) is 0 Å². The molecule has 1 aliphatic rings. The van der Waals surface area contributed by atoms with Crippen LogP contribution in [0.4, 0.5) is 0 Å². The lowest BCUT2D eigenvalue weighted by Crippen LogP contribution is -2.37. The normalized spacial score (nSPS) is 17.5. The maximum atomic E-state index is 11.9. The zero-order valence-electron chi connectivity index (χ0n) is 8.25. The highest BCUT2D eigenvalue weighted by molar-refractivity contribution is 9.11. The molecule has 0 spiro atoms. The van der Waals surface area contributed by atoms with Gasteiger partial charge in [-0.1, -0.05) is 0 Å². The fraction of sp³-hybridized carbons (Fsp3) is 0.500. The Kier molecular flexibility index (Phi) is 3.13. The fourth-order valence-electron chi connectivity index (χ4n) is 1.64. The number of hydrogen-bond donors (Lipinski definition) is 2. The molecule has 0 aromatic carbocycles. The van der Waals surface area contributed by atoms with Crippen molar-refractivity contribution in [3.05, 3.63) is 20.8 Å². The molecule has 0 radical (unpaired) electrons. The fourth-order valence-corrected chi connectivity index (χ4v) is 3.27. The molecule has 82 valence electrons. The van der Waals surface area contributed by atoms with Crippen molar-refractivity contribution in [1.82, 2.24) is 5.32 Å². The molecule has 1 aliphatic carbocycles. The molecule has 0 atom stereocenters. The molecule has 2 rings (SSSR count). The first kappa shape index (κ1) is 11.1. The first-order valence-electron chi connectivity index (χ1n) is 4.93. The van der Waals surface area contributed by atoms with Gasteiger partial charge in [-0.25, -0.2) is 0 Å². The van der Waals surface area contributed by atoms with E-state index >= 15 is 0 Å². The molecule has 0 unspecified atom stereocenters. The van der Waals surface area contributed by atoms with Crippen LogP contribution in [-0.4, -0.2) is 19.0 Å². The van der Waals surface area contributed by atoms with Crippen molar-refractivity contribution >= 4 is 33.2 Å². The Hall–Kier alpha value is -0.390. The van der Waals surface area contributed by atoms with Crippen LogP contribution in [0.2, 0.25) is 0 Å². The van der Waals surface area contributed by atoms with Gasteiger partial charge >= 0.3 is 0 Å². The van der Waals surface area contributed by atoms with Crippen LogP contribution >= 0.6 is 27.3 Å². The maximum absolute atomic E-state index is 11.9. The van der Waals surface area contributed by atoms with E-state index in [1.54, 1.807) is 11.3 Å². The minimum atomic E-state index is -0.244. The van der Waals surface area contributed by atoms with Crippen LogP contribution < -0.4 is 11.1 Å². The van der Waals surface area contributed by atoms with E-state index in [2.05, 4.69) is 21.2 Å². The molecule has 0 aliphatic heterocycles. The Morgan fingerprint density at radius 1 is 1.60 bits per heavy atom. The average Bonchev–Trinajstić information content (AvgIpc) is 2.93. The molecule has 1 heterocycles. The summed E-state index contributed by atoms with van der Waals surface area (Å²) in [6, 6.07) is 4.03. The van der Waals surface area contributed by atoms with Crippen LogP contribution in [0.3, 0.4) is 0 Å². The molecule has 1 aromatic rings. The third-order valence-corrected chi connectivity index (χ3v) is 4.49. The lowest BCUT2D eigenvalue weighted by molar-refractivity contribution is -0.123. The van der Waals surface area contributed by atoms with Crippen LogP contribution in [0, 0.1) is 0 Å². The highest BCUT2D eigenvalue weighted by Gasteiger charge is 2.52. The molecule has 1 fully saturated rings. The molecular weight excluding hydrogens is 276 g/mol. The summed E-state index contributed by atoms with van der Waals surface area (Å²) in [5, 5.41) is 2.87. The number of nitrogens with two attached hydrogens (primary N) is 1. The Labute approximate surface area is 101 Å². The standard InChI is InChI=1S/C10H13BrN2OS/c11-8-2-1-7(15-8)10(3-4-10)9(14)13-6-5-12/h1-2H,3-6,12H2,(H,13,14).